The molecule has 0 saturated heterocycles. The Morgan fingerprint density at radius 2 is 1.36 bits per heavy atom. The van der Waals surface area contributed by atoms with E-state index >= 15 is 0 Å². The van der Waals surface area contributed by atoms with Gasteiger partial charge in [-0.1, -0.05) is 29.3 Å². The van der Waals surface area contributed by atoms with Crippen LogP contribution < -0.4 is 4.72 Å². The van der Waals surface area contributed by atoms with Gasteiger partial charge in [-0.2, -0.15) is 0 Å². The van der Waals surface area contributed by atoms with E-state index in [2.05, 4.69) is 4.72 Å². The number of hydrogen-bond donors (Lipinski definition) is 1. The number of halogens is 1. The first kappa shape index (κ1) is 16.8. The largest absolute Gasteiger partial charge is 0.279 e. The van der Waals surface area contributed by atoms with Crippen LogP contribution in [0.5, 0.6) is 0 Å². The molecule has 1 N–H and O–H groups in total. The molecule has 0 radical (unpaired) electrons. The summed E-state index contributed by atoms with van der Waals surface area (Å²) in [6.45, 7) is 9.33. The summed E-state index contributed by atoms with van der Waals surface area (Å²) in [7, 11) is -3.65. The van der Waals surface area contributed by atoms with E-state index in [-0.39, 0.29) is 4.90 Å². The molecule has 2 aromatic rings. The average molecular weight is 338 g/mol. The second kappa shape index (κ2) is 5.94. The van der Waals surface area contributed by atoms with E-state index in [1.807, 2.05) is 32.9 Å². The van der Waals surface area contributed by atoms with E-state index in [1.165, 1.54) is 0 Å². The predicted molar refractivity (Wildman–Crippen MR) is 92.4 cm³/mol. The highest BCUT2D eigenvalue weighted by molar-refractivity contribution is 7.92. The molecule has 0 bridgehead atoms. The van der Waals surface area contributed by atoms with Gasteiger partial charge in [0.05, 0.1) is 10.6 Å². The van der Waals surface area contributed by atoms with Gasteiger partial charge in [-0.3, -0.25) is 4.72 Å². The van der Waals surface area contributed by atoms with Crippen LogP contribution in [-0.2, 0) is 10.0 Å². The van der Waals surface area contributed by atoms with Crippen molar-refractivity contribution in [3.8, 4) is 0 Å². The summed E-state index contributed by atoms with van der Waals surface area (Å²) in [4.78, 5) is 0.258. The van der Waals surface area contributed by atoms with Gasteiger partial charge in [0.25, 0.3) is 10.0 Å². The standard InChI is InChI=1S/C17H20ClNO2S/c1-10-6-13(4)17(14(5)7-10)19-22(20,21)16-9-11(2)15(18)8-12(16)3/h6-9,19H,1-5H3. The molecule has 22 heavy (non-hydrogen) atoms. The van der Waals surface area contributed by atoms with Gasteiger partial charge in [-0.05, 0) is 69.0 Å². The van der Waals surface area contributed by atoms with Gasteiger partial charge in [0.2, 0.25) is 0 Å². The van der Waals surface area contributed by atoms with E-state index in [0.29, 0.717) is 16.3 Å². The van der Waals surface area contributed by atoms with Gasteiger partial charge in [0.1, 0.15) is 0 Å². The van der Waals surface area contributed by atoms with E-state index in [4.69, 9.17) is 11.6 Å². The lowest BCUT2D eigenvalue weighted by molar-refractivity contribution is 0.600. The third-order valence-electron chi connectivity index (χ3n) is 3.66. The molecular formula is C17H20ClNO2S. The third-order valence-corrected chi connectivity index (χ3v) is 5.56. The normalized spacial score (nSPS) is 11.5. The molecular weight excluding hydrogens is 318 g/mol. The average Bonchev–Trinajstić information content (AvgIpc) is 2.38. The second-order valence-electron chi connectivity index (χ2n) is 5.75. The Hall–Kier alpha value is -1.52. The van der Waals surface area contributed by atoms with Crippen molar-refractivity contribution in [1.29, 1.82) is 0 Å². The molecule has 0 aliphatic heterocycles. The van der Waals surface area contributed by atoms with E-state index < -0.39 is 10.0 Å². The Bertz CT molecular complexity index is 819. The first-order chi connectivity index (χ1) is 10.1. The van der Waals surface area contributed by atoms with Gasteiger partial charge in [0, 0.05) is 5.02 Å². The minimum atomic E-state index is -3.65. The molecule has 2 aromatic carbocycles. The van der Waals surface area contributed by atoms with Crippen molar-refractivity contribution in [1.82, 2.24) is 0 Å². The summed E-state index contributed by atoms with van der Waals surface area (Å²) in [5, 5.41) is 0.569. The molecule has 0 amide bonds. The fourth-order valence-electron chi connectivity index (χ4n) is 2.57. The van der Waals surface area contributed by atoms with Crippen LogP contribution >= 0.6 is 11.6 Å². The van der Waals surface area contributed by atoms with Crippen LogP contribution in [0.4, 0.5) is 5.69 Å². The highest BCUT2D eigenvalue weighted by Gasteiger charge is 2.20. The lowest BCUT2D eigenvalue weighted by Crippen LogP contribution is -2.16. The lowest BCUT2D eigenvalue weighted by Gasteiger charge is -2.16. The van der Waals surface area contributed by atoms with Crippen molar-refractivity contribution in [2.75, 3.05) is 4.72 Å². The van der Waals surface area contributed by atoms with Crippen molar-refractivity contribution in [3.05, 3.63) is 57.1 Å². The summed E-state index contributed by atoms with van der Waals surface area (Å²) in [6.07, 6.45) is 0. The van der Waals surface area contributed by atoms with Gasteiger partial charge < -0.3 is 0 Å². The highest BCUT2D eigenvalue weighted by atomic mass is 35.5. The highest BCUT2D eigenvalue weighted by Crippen LogP contribution is 2.28. The Labute approximate surface area is 137 Å². The molecule has 118 valence electrons. The number of anilines is 1. The summed E-state index contributed by atoms with van der Waals surface area (Å²) in [5.41, 5.74) is 4.93. The fraction of sp³-hybridized carbons (Fsp3) is 0.294. The zero-order valence-corrected chi connectivity index (χ0v) is 15.0. The Morgan fingerprint density at radius 1 is 0.818 bits per heavy atom. The minimum absolute atomic E-state index is 0.258. The minimum Gasteiger partial charge on any atom is -0.279 e. The number of aryl methyl sites for hydroxylation is 5. The topological polar surface area (TPSA) is 46.2 Å². The van der Waals surface area contributed by atoms with Crippen molar-refractivity contribution in [2.24, 2.45) is 0 Å². The zero-order valence-electron chi connectivity index (χ0n) is 13.4. The van der Waals surface area contributed by atoms with Crippen molar-refractivity contribution in [3.63, 3.8) is 0 Å². The van der Waals surface area contributed by atoms with Gasteiger partial charge >= 0.3 is 0 Å². The summed E-state index contributed by atoms with van der Waals surface area (Å²) < 4.78 is 28.2. The Kier molecular flexibility index (Phi) is 4.54. The molecule has 5 heteroatoms. The van der Waals surface area contributed by atoms with E-state index in [9.17, 15) is 8.42 Å². The van der Waals surface area contributed by atoms with Crippen molar-refractivity contribution in [2.45, 2.75) is 39.5 Å². The predicted octanol–water partition coefficient (Wildman–Crippen LogP) is 4.68. The monoisotopic (exact) mass is 337 g/mol. The van der Waals surface area contributed by atoms with Crippen LogP contribution in [0.15, 0.2) is 29.2 Å². The van der Waals surface area contributed by atoms with Gasteiger partial charge in [-0.15, -0.1) is 0 Å². The molecule has 0 heterocycles. The molecule has 0 unspecified atom stereocenters. The smallest absolute Gasteiger partial charge is 0.262 e. The van der Waals surface area contributed by atoms with Crippen LogP contribution in [0.3, 0.4) is 0 Å². The number of rotatable bonds is 3. The number of hydrogen-bond acceptors (Lipinski definition) is 2. The lowest BCUT2D eigenvalue weighted by atomic mass is 10.1. The second-order valence-corrected chi connectivity index (χ2v) is 7.80. The van der Waals surface area contributed by atoms with Crippen LogP contribution in [0.25, 0.3) is 0 Å². The molecule has 0 aliphatic carbocycles. The summed E-state index contributed by atoms with van der Waals surface area (Å²) in [5.74, 6) is 0. The van der Waals surface area contributed by atoms with Crippen LogP contribution in [0, 0.1) is 34.6 Å². The molecule has 0 atom stereocenters. The SMILES string of the molecule is Cc1cc(C)c(NS(=O)(=O)c2cc(C)c(Cl)cc2C)c(C)c1. The zero-order chi connectivity index (χ0) is 16.7. The summed E-state index contributed by atoms with van der Waals surface area (Å²) >= 11 is 6.05. The first-order valence-electron chi connectivity index (χ1n) is 6.99. The maximum atomic E-state index is 12.7. The molecule has 2 rings (SSSR count). The molecule has 0 saturated carbocycles. The van der Waals surface area contributed by atoms with Crippen LogP contribution in [0.1, 0.15) is 27.8 Å². The molecule has 0 spiro atoms. The number of sulfonamides is 1. The number of nitrogens with one attached hydrogen (secondary N) is 1. The molecule has 3 nitrogen and oxygen atoms in total. The van der Waals surface area contributed by atoms with E-state index in [1.54, 1.807) is 26.0 Å². The number of benzene rings is 2. The summed E-state index contributed by atoms with van der Waals surface area (Å²) in [6, 6.07) is 7.22. The van der Waals surface area contributed by atoms with Crippen molar-refractivity contribution < 1.29 is 8.42 Å². The quantitative estimate of drug-likeness (QED) is 0.883. The Morgan fingerprint density at radius 3 is 1.91 bits per heavy atom. The van der Waals surface area contributed by atoms with Crippen LogP contribution in [0.2, 0.25) is 5.02 Å². The molecule has 0 aliphatic rings. The Balaban J connectivity index is 2.52. The maximum absolute atomic E-state index is 12.7. The molecule has 0 fully saturated rings. The first-order valence-corrected chi connectivity index (χ1v) is 8.85. The molecule has 0 aromatic heterocycles. The van der Waals surface area contributed by atoms with Gasteiger partial charge in [-0.25, -0.2) is 8.42 Å². The fourth-order valence-corrected chi connectivity index (χ4v) is 4.31. The van der Waals surface area contributed by atoms with Crippen molar-refractivity contribution >= 4 is 27.3 Å². The maximum Gasteiger partial charge on any atom is 0.262 e. The third kappa shape index (κ3) is 3.28. The van der Waals surface area contributed by atoms with Gasteiger partial charge in [0.15, 0.2) is 0 Å². The van der Waals surface area contributed by atoms with E-state index in [0.717, 1.165) is 22.3 Å². The van der Waals surface area contributed by atoms with Crippen LogP contribution in [-0.4, -0.2) is 8.42 Å².